The number of nitrogens with one attached hydrogen (secondary N) is 1. The molecule has 0 aromatic rings. The third-order valence-corrected chi connectivity index (χ3v) is 1.72. The smallest absolute Gasteiger partial charge is 0.131 e. The van der Waals surface area contributed by atoms with E-state index in [1.54, 1.807) is 0 Å². The van der Waals surface area contributed by atoms with Crippen molar-refractivity contribution in [3.8, 4) is 0 Å². The summed E-state index contributed by atoms with van der Waals surface area (Å²) in [5.41, 5.74) is 5.11. The molecule has 0 saturated heterocycles. The number of hydrogen-bond donors (Lipinski definition) is 1. The van der Waals surface area contributed by atoms with E-state index in [1.807, 2.05) is 6.92 Å². The molecule has 0 radical (unpaired) electrons. The van der Waals surface area contributed by atoms with Crippen LogP contribution in [0.15, 0.2) is 23.6 Å². The zero-order valence-corrected chi connectivity index (χ0v) is 7.94. The van der Waals surface area contributed by atoms with Gasteiger partial charge in [0.25, 0.3) is 0 Å². The van der Waals surface area contributed by atoms with Gasteiger partial charge in [0.15, 0.2) is 0 Å². The average molecular weight is 167 g/mol. The van der Waals surface area contributed by atoms with Gasteiger partial charge in [0.05, 0.1) is 0 Å². The molecular weight excluding hydrogens is 150 g/mol. The molecule has 2 heteroatoms. The molecule has 12 heavy (non-hydrogen) atoms. The van der Waals surface area contributed by atoms with Crippen LogP contribution < -0.4 is 5.48 Å². The van der Waals surface area contributed by atoms with Gasteiger partial charge >= 0.3 is 0 Å². The minimum absolute atomic E-state index is 0.852. The van der Waals surface area contributed by atoms with Gasteiger partial charge in [-0.05, 0) is 31.8 Å². The summed E-state index contributed by atoms with van der Waals surface area (Å²) >= 11 is 0. The maximum absolute atomic E-state index is 5.40. The zero-order chi connectivity index (χ0) is 8.97. The fraction of sp³-hybridized carbons (Fsp3) is 0.600. The predicted octanol–water partition coefficient (Wildman–Crippen LogP) is 2.89. The van der Waals surface area contributed by atoms with Gasteiger partial charge < -0.3 is 4.84 Å². The van der Waals surface area contributed by atoms with Crippen LogP contribution in [0.4, 0.5) is 0 Å². The van der Waals surface area contributed by atoms with Gasteiger partial charge in [-0.2, -0.15) is 0 Å². The van der Waals surface area contributed by atoms with E-state index in [1.165, 1.54) is 18.4 Å². The Hall–Kier alpha value is -0.920. The monoisotopic (exact) mass is 167 g/mol. The van der Waals surface area contributed by atoms with Crippen LogP contribution >= 0.6 is 0 Å². The van der Waals surface area contributed by atoms with Crippen molar-refractivity contribution in [2.45, 2.75) is 39.5 Å². The van der Waals surface area contributed by atoms with Gasteiger partial charge in [0.1, 0.15) is 5.76 Å². The second-order valence-electron chi connectivity index (χ2n) is 3.26. The first kappa shape index (κ1) is 9.17. The van der Waals surface area contributed by atoms with Crippen molar-refractivity contribution in [1.29, 1.82) is 0 Å². The molecule has 1 N–H and O–H groups in total. The van der Waals surface area contributed by atoms with Gasteiger partial charge in [-0.3, -0.25) is 0 Å². The molecule has 2 nitrogen and oxygen atoms in total. The summed E-state index contributed by atoms with van der Waals surface area (Å²) in [5.74, 6) is 1.13. The fourth-order valence-electron chi connectivity index (χ4n) is 1.02. The summed E-state index contributed by atoms with van der Waals surface area (Å²) in [5, 5.41) is 0. The first-order valence-corrected chi connectivity index (χ1v) is 4.53. The second-order valence-corrected chi connectivity index (χ2v) is 3.26. The van der Waals surface area contributed by atoms with E-state index in [0.29, 0.717) is 0 Å². The Morgan fingerprint density at radius 2 is 2.25 bits per heavy atom. The molecule has 1 fully saturated rings. The Morgan fingerprint density at radius 1 is 1.58 bits per heavy atom. The van der Waals surface area contributed by atoms with Crippen LogP contribution in [0, 0.1) is 0 Å². The standard InChI is InChI=1S/C10H17NO/c1-4-5-10(9-6-7-9)12-11-8(2)3/h11H,2,4-7H2,1,3H3. The third-order valence-electron chi connectivity index (χ3n) is 1.72. The van der Waals surface area contributed by atoms with E-state index in [4.69, 9.17) is 4.84 Å². The third kappa shape index (κ3) is 2.99. The van der Waals surface area contributed by atoms with Gasteiger partial charge in [-0.1, -0.05) is 13.5 Å². The summed E-state index contributed by atoms with van der Waals surface area (Å²) < 4.78 is 0. The van der Waals surface area contributed by atoms with Crippen molar-refractivity contribution < 1.29 is 4.84 Å². The SMILES string of the molecule is C=C(C)NOC(CCC)=C1CC1. The molecule has 0 aromatic carbocycles. The highest BCUT2D eigenvalue weighted by Gasteiger charge is 2.18. The summed E-state index contributed by atoms with van der Waals surface area (Å²) in [7, 11) is 0. The zero-order valence-electron chi connectivity index (χ0n) is 7.94. The van der Waals surface area contributed by atoms with Crippen molar-refractivity contribution in [2.24, 2.45) is 0 Å². The van der Waals surface area contributed by atoms with Crippen LogP contribution in [0.25, 0.3) is 0 Å². The first-order valence-electron chi connectivity index (χ1n) is 4.53. The lowest BCUT2D eigenvalue weighted by molar-refractivity contribution is 0.123. The normalized spacial score (nSPS) is 14.0. The molecule has 0 heterocycles. The molecule has 0 bridgehead atoms. The Labute approximate surface area is 74.3 Å². The Bertz CT molecular complexity index is 200. The van der Waals surface area contributed by atoms with Crippen LogP contribution in [0.5, 0.6) is 0 Å². The fourth-order valence-corrected chi connectivity index (χ4v) is 1.02. The van der Waals surface area contributed by atoms with Crippen molar-refractivity contribution >= 4 is 0 Å². The number of rotatable bonds is 5. The van der Waals surface area contributed by atoms with Crippen LogP contribution in [-0.4, -0.2) is 0 Å². The summed E-state index contributed by atoms with van der Waals surface area (Å²) in [6.07, 6.45) is 4.60. The minimum atomic E-state index is 0.852. The number of hydroxylamine groups is 1. The Balaban J connectivity index is 2.35. The van der Waals surface area contributed by atoms with E-state index in [9.17, 15) is 0 Å². The highest BCUT2D eigenvalue weighted by molar-refractivity contribution is 5.21. The highest BCUT2D eigenvalue weighted by Crippen LogP contribution is 2.33. The predicted molar refractivity (Wildman–Crippen MR) is 50.2 cm³/mol. The quantitative estimate of drug-likeness (QED) is 0.502. The van der Waals surface area contributed by atoms with Crippen LogP contribution in [0.3, 0.4) is 0 Å². The average Bonchev–Trinajstić information content (AvgIpc) is 2.79. The van der Waals surface area contributed by atoms with Gasteiger partial charge in [0.2, 0.25) is 0 Å². The molecule has 1 aliphatic carbocycles. The lowest BCUT2D eigenvalue weighted by Gasteiger charge is -2.09. The van der Waals surface area contributed by atoms with Crippen LogP contribution in [0.1, 0.15) is 39.5 Å². The molecule has 68 valence electrons. The lowest BCUT2D eigenvalue weighted by Crippen LogP contribution is -2.10. The molecule has 0 atom stereocenters. The van der Waals surface area contributed by atoms with Crippen molar-refractivity contribution in [1.82, 2.24) is 5.48 Å². The molecule has 0 amide bonds. The molecular formula is C10H17NO. The van der Waals surface area contributed by atoms with Gasteiger partial charge in [0, 0.05) is 12.1 Å². The molecule has 0 aromatic heterocycles. The lowest BCUT2D eigenvalue weighted by atomic mass is 10.3. The van der Waals surface area contributed by atoms with Gasteiger partial charge in [-0.25, -0.2) is 5.48 Å². The maximum Gasteiger partial charge on any atom is 0.131 e. The molecule has 0 unspecified atom stereocenters. The maximum atomic E-state index is 5.40. The Morgan fingerprint density at radius 3 is 2.67 bits per heavy atom. The van der Waals surface area contributed by atoms with Crippen molar-refractivity contribution in [3.63, 3.8) is 0 Å². The topological polar surface area (TPSA) is 21.3 Å². The molecule has 0 spiro atoms. The van der Waals surface area contributed by atoms with E-state index < -0.39 is 0 Å². The summed E-state index contributed by atoms with van der Waals surface area (Å²) in [4.78, 5) is 5.40. The second kappa shape index (κ2) is 4.19. The molecule has 1 aliphatic rings. The van der Waals surface area contributed by atoms with E-state index >= 15 is 0 Å². The molecule has 0 aliphatic heterocycles. The van der Waals surface area contributed by atoms with E-state index in [2.05, 4.69) is 19.0 Å². The molecule has 1 saturated carbocycles. The largest absolute Gasteiger partial charge is 0.387 e. The highest BCUT2D eigenvalue weighted by atomic mass is 16.6. The van der Waals surface area contributed by atoms with Crippen molar-refractivity contribution in [2.75, 3.05) is 0 Å². The Kier molecular flexibility index (Phi) is 3.20. The minimum Gasteiger partial charge on any atom is -0.387 e. The molecule has 1 rings (SSSR count). The number of allylic oxidation sites excluding steroid dienone is 3. The van der Waals surface area contributed by atoms with Crippen LogP contribution in [-0.2, 0) is 4.84 Å². The van der Waals surface area contributed by atoms with Crippen molar-refractivity contribution in [3.05, 3.63) is 23.6 Å². The first-order chi connectivity index (χ1) is 5.74. The van der Waals surface area contributed by atoms with Crippen LogP contribution in [0.2, 0.25) is 0 Å². The summed E-state index contributed by atoms with van der Waals surface area (Å²) in [6, 6.07) is 0. The van der Waals surface area contributed by atoms with E-state index in [0.717, 1.165) is 24.3 Å². The van der Waals surface area contributed by atoms with E-state index in [-0.39, 0.29) is 0 Å². The summed E-state index contributed by atoms with van der Waals surface area (Å²) in [6.45, 7) is 7.76. The number of hydrogen-bond acceptors (Lipinski definition) is 2. The van der Waals surface area contributed by atoms with Gasteiger partial charge in [-0.15, -0.1) is 0 Å².